The highest BCUT2D eigenvalue weighted by atomic mass is 32.2. The minimum atomic E-state index is -3.56. The maximum atomic E-state index is 12.4. The molecular formula is C15H27N3O2S. The molecule has 1 rings (SSSR count). The number of nitrogen functional groups attached to an aromatic ring is 1. The summed E-state index contributed by atoms with van der Waals surface area (Å²) in [5.41, 5.74) is 7.78. The molecule has 5 nitrogen and oxygen atoms in total. The topological polar surface area (TPSA) is 75.4 Å². The third-order valence-electron chi connectivity index (χ3n) is 3.68. The fourth-order valence-electron chi connectivity index (χ4n) is 2.32. The van der Waals surface area contributed by atoms with Crippen molar-refractivity contribution in [3.05, 3.63) is 23.3 Å². The molecule has 0 heterocycles. The lowest BCUT2D eigenvalue weighted by molar-refractivity contribution is 0.293. The number of rotatable bonds is 8. The third kappa shape index (κ3) is 4.69. The van der Waals surface area contributed by atoms with E-state index in [0.717, 1.165) is 25.1 Å². The van der Waals surface area contributed by atoms with Crippen LogP contribution in [0.2, 0.25) is 0 Å². The van der Waals surface area contributed by atoms with Gasteiger partial charge in [0.1, 0.15) is 4.90 Å². The molecule has 0 spiro atoms. The minimum Gasteiger partial charge on any atom is -0.398 e. The van der Waals surface area contributed by atoms with Gasteiger partial charge in [0.2, 0.25) is 10.0 Å². The van der Waals surface area contributed by atoms with Crippen molar-refractivity contribution in [3.8, 4) is 0 Å². The molecule has 21 heavy (non-hydrogen) atoms. The van der Waals surface area contributed by atoms with Crippen LogP contribution in [-0.2, 0) is 10.0 Å². The first-order chi connectivity index (χ1) is 9.83. The Morgan fingerprint density at radius 3 is 2.43 bits per heavy atom. The van der Waals surface area contributed by atoms with Crippen molar-refractivity contribution in [2.75, 3.05) is 31.9 Å². The first-order valence-electron chi connectivity index (χ1n) is 7.41. The van der Waals surface area contributed by atoms with Crippen LogP contribution in [0.25, 0.3) is 0 Å². The van der Waals surface area contributed by atoms with Crippen LogP contribution in [0, 0.1) is 13.8 Å². The normalized spacial score (nSPS) is 12.0. The number of hydrogen-bond acceptors (Lipinski definition) is 4. The molecule has 0 saturated carbocycles. The fourth-order valence-corrected chi connectivity index (χ4v) is 3.77. The van der Waals surface area contributed by atoms with E-state index >= 15 is 0 Å². The van der Waals surface area contributed by atoms with Gasteiger partial charge in [0.05, 0.1) is 5.69 Å². The smallest absolute Gasteiger partial charge is 0.242 e. The van der Waals surface area contributed by atoms with Gasteiger partial charge in [0.15, 0.2) is 0 Å². The Balaban J connectivity index is 2.81. The molecule has 0 aliphatic rings. The van der Waals surface area contributed by atoms with E-state index in [-0.39, 0.29) is 4.90 Å². The summed E-state index contributed by atoms with van der Waals surface area (Å²) in [6.45, 7) is 10.8. The van der Waals surface area contributed by atoms with Gasteiger partial charge in [0.25, 0.3) is 0 Å². The molecule has 0 radical (unpaired) electrons. The molecule has 0 unspecified atom stereocenters. The second-order valence-corrected chi connectivity index (χ2v) is 6.96. The molecule has 1 aromatic rings. The van der Waals surface area contributed by atoms with Crippen molar-refractivity contribution in [2.45, 2.75) is 39.0 Å². The Kier molecular flexibility index (Phi) is 6.64. The van der Waals surface area contributed by atoms with E-state index in [4.69, 9.17) is 5.73 Å². The van der Waals surface area contributed by atoms with Crippen molar-refractivity contribution < 1.29 is 8.42 Å². The van der Waals surface area contributed by atoms with Gasteiger partial charge >= 0.3 is 0 Å². The quantitative estimate of drug-likeness (QED) is 0.719. The van der Waals surface area contributed by atoms with Crippen molar-refractivity contribution >= 4 is 15.7 Å². The molecule has 6 heteroatoms. The zero-order valence-electron chi connectivity index (χ0n) is 13.4. The van der Waals surface area contributed by atoms with Gasteiger partial charge in [0, 0.05) is 13.1 Å². The summed E-state index contributed by atoms with van der Waals surface area (Å²) < 4.78 is 27.5. The van der Waals surface area contributed by atoms with Gasteiger partial charge in [-0.2, -0.15) is 0 Å². The number of nitrogens with one attached hydrogen (secondary N) is 1. The number of aryl methyl sites for hydroxylation is 1. The molecule has 0 bridgehead atoms. The monoisotopic (exact) mass is 313 g/mol. The predicted octanol–water partition coefficient (Wildman–Crippen LogP) is 1.90. The first kappa shape index (κ1) is 17.9. The molecule has 120 valence electrons. The van der Waals surface area contributed by atoms with Crippen LogP contribution in [0.3, 0.4) is 0 Å². The van der Waals surface area contributed by atoms with Crippen molar-refractivity contribution in [1.82, 2.24) is 9.62 Å². The third-order valence-corrected chi connectivity index (χ3v) is 5.35. The average molecular weight is 313 g/mol. The molecular weight excluding hydrogens is 286 g/mol. The van der Waals surface area contributed by atoms with Gasteiger partial charge in [-0.25, -0.2) is 13.1 Å². The van der Waals surface area contributed by atoms with E-state index in [9.17, 15) is 8.42 Å². The summed E-state index contributed by atoms with van der Waals surface area (Å²) >= 11 is 0. The van der Waals surface area contributed by atoms with Gasteiger partial charge in [-0.15, -0.1) is 0 Å². The second-order valence-electron chi connectivity index (χ2n) is 5.26. The van der Waals surface area contributed by atoms with Gasteiger partial charge in [-0.3, -0.25) is 0 Å². The molecule has 0 saturated heterocycles. The van der Waals surface area contributed by atoms with Crippen LogP contribution in [0.4, 0.5) is 5.69 Å². The van der Waals surface area contributed by atoms with Gasteiger partial charge in [-0.05, 0) is 50.6 Å². The Hall–Kier alpha value is -1.11. The standard InChI is InChI=1S/C15H27N3O2S/c1-5-10-18(6-2)11-9-17-21(19,20)15-13(4)12(3)7-8-14(15)16/h7-8,17H,5-6,9-11,16H2,1-4H3. The zero-order valence-corrected chi connectivity index (χ0v) is 14.3. The van der Waals surface area contributed by atoms with E-state index in [1.165, 1.54) is 0 Å². The van der Waals surface area contributed by atoms with Crippen LogP contribution in [0.1, 0.15) is 31.4 Å². The highest BCUT2D eigenvalue weighted by molar-refractivity contribution is 7.89. The number of benzene rings is 1. The lowest BCUT2D eigenvalue weighted by atomic mass is 10.1. The number of anilines is 1. The average Bonchev–Trinajstić information content (AvgIpc) is 2.42. The van der Waals surface area contributed by atoms with Gasteiger partial charge < -0.3 is 10.6 Å². The van der Waals surface area contributed by atoms with Crippen LogP contribution in [0.5, 0.6) is 0 Å². The summed E-state index contributed by atoms with van der Waals surface area (Å²) in [5.74, 6) is 0. The van der Waals surface area contributed by atoms with E-state index in [1.54, 1.807) is 13.0 Å². The van der Waals surface area contributed by atoms with Crippen LogP contribution in [0.15, 0.2) is 17.0 Å². The SMILES string of the molecule is CCCN(CC)CCNS(=O)(=O)c1c(N)ccc(C)c1C. The Bertz CT molecular complexity index is 571. The summed E-state index contributed by atoms with van der Waals surface area (Å²) in [6.07, 6.45) is 1.06. The number of likely N-dealkylation sites (N-methyl/N-ethyl adjacent to an activating group) is 1. The largest absolute Gasteiger partial charge is 0.398 e. The van der Waals surface area contributed by atoms with E-state index in [2.05, 4.69) is 23.5 Å². The van der Waals surface area contributed by atoms with Crippen LogP contribution >= 0.6 is 0 Å². The van der Waals surface area contributed by atoms with Gasteiger partial charge in [-0.1, -0.05) is 19.9 Å². The molecule has 1 aromatic carbocycles. The molecule has 0 atom stereocenters. The van der Waals surface area contributed by atoms with Crippen molar-refractivity contribution in [1.29, 1.82) is 0 Å². The highest BCUT2D eigenvalue weighted by Crippen LogP contribution is 2.24. The van der Waals surface area contributed by atoms with E-state index in [1.807, 2.05) is 13.0 Å². The van der Waals surface area contributed by atoms with E-state index < -0.39 is 10.0 Å². The van der Waals surface area contributed by atoms with Crippen LogP contribution < -0.4 is 10.5 Å². The lowest BCUT2D eigenvalue weighted by Gasteiger charge is -2.20. The lowest BCUT2D eigenvalue weighted by Crippen LogP contribution is -2.35. The molecule has 3 N–H and O–H groups in total. The fraction of sp³-hybridized carbons (Fsp3) is 0.600. The number of nitrogens with zero attached hydrogens (tertiary/aromatic N) is 1. The number of nitrogens with two attached hydrogens (primary N) is 1. The first-order valence-corrected chi connectivity index (χ1v) is 8.89. The molecule has 0 aliphatic carbocycles. The number of hydrogen-bond donors (Lipinski definition) is 2. The summed E-state index contributed by atoms with van der Waals surface area (Å²) in [7, 11) is -3.56. The number of sulfonamides is 1. The Morgan fingerprint density at radius 2 is 1.86 bits per heavy atom. The molecule has 0 fully saturated rings. The molecule has 0 aromatic heterocycles. The Morgan fingerprint density at radius 1 is 1.19 bits per heavy atom. The van der Waals surface area contributed by atoms with E-state index in [0.29, 0.717) is 24.3 Å². The summed E-state index contributed by atoms with van der Waals surface area (Å²) in [4.78, 5) is 2.43. The zero-order chi connectivity index (χ0) is 16.0. The minimum absolute atomic E-state index is 0.209. The van der Waals surface area contributed by atoms with Crippen molar-refractivity contribution in [3.63, 3.8) is 0 Å². The predicted molar refractivity (Wildman–Crippen MR) is 87.9 cm³/mol. The highest BCUT2D eigenvalue weighted by Gasteiger charge is 2.20. The maximum Gasteiger partial charge on any atom is 0.242 e. The Labute approximate surface area is 128 Å². The second kappa shape index (κ2) is 7.77. The summed E-state index contributed by atoms with van der Waals surface area (Å²) in [6, 6.07) is 3.48. The molecule has 0 amide bonds. The van der Waals surface area contributed by atoms with Crippen LogP contribution in [-0.4, -0.2) is 39.5 Å². The van der Waals surface area contributed by atoms with Crippen molar-refractivity contribution in [2.24, 2.45) is 0 Å². The summed E-state index contributed by atoms with van der Waals surface area (Å²) in [5, 5.41) is 0. The maximum absolute atomic E-state index is 12.4. The molecule has 0 aliphatic heterocycles.